The minimum atomic E-state index is 0.853. The molecule has 0 aliphatic carbocycles. The Morgan fingerprint density at radius 3 is 2.75 bits per heavy atom. The van der Waals surface area contributed by atoms with E-state index in [1.54, 1.807) is 0 Å². The second-order valence-corrected chi connectivity index (χ2v) is 5.27. The Morgan fingerprint density at radius 1 is 1.20 bits per heavy atom. The minimum Gasteiger partial charge on any atom is -0.341 e. The molecule has 1 aromatic carbocycles. The van der Waals surface area contributed by atoms with Crippen LogP contribution in [0.25, 0.3) is 10.9 Å². The smallest absolute Gasteiger partial charge is 0.0645 e. The molecule has 4 heteroatoms. The summed E-state index contributed by atoms with van der Waals surface area (Å²) >= 11 is 0. The fourth-order valence-electron chi connectivity index (χ4n) is 2.69. The van der Waals surface area contributed by atoms with Crippen LogP contribution in [0.2, 0.25) is 0 Å². The average Bonchev–Trinajstić information content (AvgIpc) is 2.94. The van der Waals surface area contributed by atoms with Crippen LogP contribution in [0.5, 0.6) is 0 Å². The number of nitrogens with zero attached hydrogens (tertiary/aromatic N) is 3. The summed E-state index contributed by atoms with van der Waals surface area (Å²) in [5.74, 6) is 0. The first kappa shape index (κ1) is 12.9. The number of benzene rings is 1. The van der Waals surface area contributed by atoms with Crippen LogP contribution in [0.4, 0.5) is 0 Å². The quantitative estimate of drug-likeness (QED) is 0.789. The van der Waals surface area contributed by atoms with E-state index in [4.69, 9.17) is 0 Å². The van der Waals surface area contributed by atoms with Gasteiger partial charge in [-0.1, -0.05) is 6.07 Å². The van der Waals surface area contributed by atoms with Crippen molar-refractivity contribution in [2.45, 2.75) is 20.0 Å². The number of nitrogens with one attached hydrogen (secondary N) is 1. The Balaban J connectivity index is 1.94. The summed E-state index contributed by atoms with van der Waals surface area (Å²) < 4.78 is 4.23. The molecule has 0 bridgehead atoms. The SMILES string of the molecule is CNCc1ccc2c(ccn2Cc2cc(C)nn2C)c1. The fraction of sp³-hybridized carbons (Fsp3) is 0.312. The highest BCUT2D eigenvalue weighted by Crippen LogP contribution is 2.19. The van der Waals surface area contributed by atoms with Crippen LogP contribution in [0, 0.1) is 6.92 Å². The number of fused-ring (bicyclic) bond motifs is 1. The largest absolute Gasteiger partial charge is 0.341 e. The molecular formula is C16H20N4. The van der Waals surface area contributed by atoms with Gasteiger partial charge >= 0.3 is 0 Å². The Morgan fingerprint density at radius 2 is 2.05 bits per heavy atom. The number of hydrogen-bond acceptors (Lipinski definition) is 2. The molecule has 0 unspecified atom stereocenters. The van der Waals surface area contributed by atoms with E-state index in [9.17, 15) is 0 Å². The minimum absolute atomic E-state index is 0.853. The zero-order chi connectivity index (χ0) is 14.1. The molecule has 0 aliphatic heterocycles. The Kier molecular flexibility index (Phi) is 3.32. The average molecular weight is 268 g/mol. The lowest BCUT2D eigenvalue weighted by Crippen LogP contribution is -2.05. The Bertz CT molecular complexity index is 736. The van der Waals surface area contributed by atoms with Crippen molar-refractivity contribution in [3.8, 4) is 0 Å². The van der Waals surface area contributed by atoms with E-state index in [1.165, 1.54) is 22.2 Å². The summed E-state index contributed by atoms with van der Waals surface area (Å²) in [6.45, 7) is 3.79. The zero-order valence-electron chi connectivity index (χ0n) is 12.2. The monoisotopic (exact) mass is 268 g/mol. The topological polar surface area (TPSA) is 34.8 Å². The van der Waals surface area contributed by atoms with Crippen molar-refractivity contribution < 1.29 is 0 Å². The molecule has 20 heavy (non-hydrogen) atoms. The van der Waals surface area contributed by atoms with Crippen LogP contribution in [0.15, 0.2) is 36.5 Å². The molecular weight excluding hydrogens is 248 g/mol. The summed E-state index contributed by atoms with van der Waals surface area (Å²) in [5.41, 5.74) is 4.87. The molecule has 3 rings (SSSR count). The number of aromatic nitrogens is 3. The van der Waals surface area contributed by atoms with Crippen molar-refractivity contribution in [2.24, 2.45) is 7.05 Å². The van der Waals surface area contributed by atoms with Gasteiger partial charge < -0.3 is 9.88 Å². The maximum Gasteiger partial charge on any atom is 0.0645 e. The van der Waals surface area contributed by atoms with Gasteiger partial charge in [-0.25, -0.2) is 0 Å². The molecule has 0 fully saturated rings. The fourth-order valence-corrected chi connectivity index (χ4v) is 2.69. The van der Waals surface area contributed by atoms with Crippen LogP contribution < -0.4 is 5.32 Å². The van der Waals surface area contributed by atoms with Gasteiger partial charge in [-0.2, -0.15) is 5.10 Å². The second kappa shape index (κ2) is 5.13. The maximum absolute atomic E-state index is 4.41. The highest BCUT2D eigenvalue weighted by atomic mass is 15.3. The first-order valence-electron chi connectivity index (χ1n) is 6.89. The van der Waals surface area contributed by atoms with Crippen LogP contribution in [-0.4, -0.2) is 21.4 Å². The van der Waals surface area contributed by atoms with Gasteiger partial charge in [0.1, 0.15) is 0 Å². The van der Waals surface area contributed by atoms with E-state index in [1.807, 2.05) is 25.7 Å². The van der Waals surface area contributed by atoms with E-state index in [-0.39, 0.29) is 0 Å². The van der Waals surface area contributed by atoms with Gasteiger partial charge in [0.25, 0.3) is 0 Å². The van der Waals surface area contributed by atoms with Gasteiger partial charge in [-0.05, 0) is 49.2 Å². The number of rotatable bonds is 4. The normalized spacial score (nSPS) is 11.3. The van der Waals surface area contributed by atoms with Gasteiger partial charge in [0.15, 0.2) is 0 Å². The third-order valence-electron chi connectivity index (χ3n) is 3.65. The van der Waals surface area contributed by atoms with Gasteiger partial charge in [-0.15, -0.1) is 0 Å². The maximum atomic E-state index is 4.41. The first-order valence-corrected chi connectivity index (χ1v) is 6.89. The van der Waals surface area contributed by atoms with E-state index < -0.39 is 0 Å². The van der Waals surface area contributed by atoms with Crippen molar-refractivity contribution in [2.75, 3.05) is 7.05 Å². The lowest BCUT2D eigenvalue weighted by molar-refractivity contribution is 0.673. The molecule has 1 N–H and O–H groups in total. The molecule has 0 saturated carbocycles. The van der Waals surface area contributed by atoms with Gasteiger partial charge in [0, 0.05) is 25.3 Å². The summed E-state index contributed by atoms with van der Waals surface area (Å²) in [6, 6.07) is 10.9. The molecule has 0 spiro atoms. The molecule has 0 saturated heterocycles. The molecule has 3 aromatic rings. The third kappa shape index (κ3) is 2.34. The summed E-state index contributed by atoms with van der Waals surface area (Å²) in [7, 11) is 3.97. The van der Waals surface area contributed by atoms with Crippen molar-refractivity contribution in [1.82, 2.24) is 19.7 Å². The highest BCUT2D eigenvalue weighted by Gasteiger charge is 2.06. The standard InChI is InChI=1S/C16H20N4/c1-12-8-15(19(3)18-12)11-20-7-6-14-9-13(10-17-2)4-5-16(14)20/h4-9,17H,10-11H2,1-3H3. The Labute approximate surface area is 119 Å². The Hall–Kier alpha value is -2.07. The zero-order valence-corrected chi connectivity index (χ0v) is 12.2. The molecule has 4 nitrogen and oxygen atoms in total. The van der Waals surface area contributed by atoms with Gasteiger partial charge in [-0.3, -0.25) is 4.68 Å². The lowest BCUT2D eigenvalue weighted by atomic mass is 10.1. The second-order valence-electron chi connectivity index (χ2n) is 5.27. The van der Waals surface area contributed by atoms with E-state index in [0.29, 0.717) is 0 Å². The van der Waals surface area contributed by atoms with Crippen molar-refractivity contribution >= 4 is 10.9 Å². The van der Waals surface area contributed by atoms with Crippen LogP contribution in [0.1, 0.15) is 17.0 Å². The van der Waals surface area contributed by atoms with E-state index in [2.05, 4.69) is 51.5 Å². The van der Waals surface area contributed by atoms with Gasteiger partial charge in [0.05, 0.1) is 17.9 Å². The molecule has 0 aliphatic rings. The van der Waals surface area contributed by atoms with Crippen molar-refractivity contribution in [1.29, 1.82) is 0 Å². The summed E-state index contributed by atoms with van der Waals surface area (Å²) in [4.78, 5) is 0. The molecule has 0 atom stereocenters. The predicted molar refractivity (Wildman–Crippen MR) is 81.7 cm³/mol. The molecule has 0 amide bonds. The molecule has 2 aromatic heterocycles. The lowest BCUT2D eigenvalue weighted by Gasteiger charge is -2.07. The van der Waals surface area contributed by atoms with Crippen LogP contribution in [0.3, 0.4) is 0 Å². The summed E-state index contributed by atoms with van der Waals surface area (Å²) in [5, 5.41) is 8.88. The van der Waals surface area contributed by atoms with Crippen LogP contribution in [-0.2, 0) is 20.1 Å². The molecule has 104 valence electrons. The van der Waals surface area contributed by atoms with E-state index >= 15 is 0 Å². The number of hydrogen-bond donors (Lipinski definition) is 1. The van der Waals surface area contributed by atoms with Crippen molar-refractivity contribution in [3.05, 3.63) is 53.5 Å². The van der Waals surface area contributed by atoms with Crippen LogP contribution >= 0.6 is 0 Å². The predicted octanol–water partition coefficient (Wildman–Crippen LogP) is 2.45. The highest BCUT2D eigenvalue weighted by molar-refractivity contribution is 5.81. The first-order chi connectivity index (χ1) is 9.67. The molecule has 2 heterocycles. The van der Waals surface area contributed by atoms with E-state index in [0.717, 1.165) is 18.8 Å². The number of aryl methyl sites for hydroxylation is 2. The molecule has 0 radical (unpaired) electrons. The third-order valence-corrected chi connectivity index (χ3v) is 3.65. The van der Waals surface area contributed by atoms with Crippen molar-refractivity contribution in [3.63, 3.8) is 0 Å². The summed E-state index contributed by atoms with van der Waals surface area (Å²) in [6.07, 6.45) is 2.15. The van der Waals surface area contributed by atoms with Gasteiger partial charge in [0.2, 0.25) is 0 Å².